The molecule has 0 atom stereocenters. The summed E-state index contributed by atoms with van der Waals surface area (Å²) < 4.78 is 4.71. The highest BCUT2D eigenvalue weighted by Crippen LogP contribution is 2.07. The first kappa shape index (κ1) is 14.8. The van der Waals surface area contributed by atoms with Gasteiger partial charge in [0.15, 0.2) is 0 Å². The average molecular weight is 271 g/mol. The summed E-state index contributed by atoms with van der Waals surface area (Å²) in [6.45, 7) is 3.39. The van der Waals surface area contributed by atoms with Crippen LogP contribution in [-0.4, -0.2) is 4.57 Å². The fourth-order valence-electron chi connectivity index (χ4n) is 2.71. The van der Waals surface area contributed by atoms with E-state index in [0.29, 0.717) is 0 Å². The standard InChI is InChI=1S/C18H27N2/c1-3-4-6-13-18-19(2)15-16-20(18)14-9-12-17-10-7-5-8-11-17/h5,7-8,10-11,15-16H,3-4,6,9,12-14H2,1-2H3/q+1. The van der Waals surface area contributed by atoms with E-state index < -0.39 is 0 Å². The molecule has 0 aliphatic rings. The first-order valence-corrected chi connectivity index (χ1v) is 7.89. The lowest BCUT2D eigenvalue weighted by atomic mass is 10.1. The first-order valence-electron chi connectivity index (χ1n) is 7.89. The van der Waals surface area contributed by atoms with Crippen LogP contribution < -0.4 is 4.57 Å². The Balaban J connectivity index is 1.86. The normalized spacial score (nSPS) is 10.9. The maximum absolute atomic E-state index is 2.43. The summed E-state index contributed by atoms with van der Waals surface area (Å²) in [6, 6.07) is 10.8. The summed E-state index contributed by atoms with van der Waals surface area (Å²) in [7, 11) is 2.16. The largest absolute Gasteiger partial charge is 0.256 e. The fraction of sp³-hybridized carbons (Fsp3) is 0.500. The van der Waals surface area contributed by atoms with Crippen LogP contribution in [0.3, 0.4) is 0 Å². The van der Waals surface area contributed by atoms with Gasteiger partial charge in [-0.1, -0.05) is 50.1 Å². The van der Waals surface area contributed by atoms with Crippen LogP contribution in [-0.2, 0) is 26.4 Å². The third kappa shape index (κ3) is 4.22. The Hall–Kier alpha value is -1.57. The monoisotopic (exact) mass is 271 g/mol. The van der Waals surface area contributed by atoms with Gasteiger partial charge in [0.2, 0.25) is 0 Å². The Labute approximate surface area is 123 Å². The van der Waals surface area contributed by atoms with Crippen LogP contribution in [0.1, 0.15) is 44.0 Å². The van der Waals surface area contributed by atoms with E-state index in [2.05, 4.69) is 65.8 Å². The lowest BCUT2D eigenvalue weighted by molar-refractivity contribution is -0.678. The van der Waals surface area contributed by atoms with Crippen molar-refractivity contribution in [1.82, 2.24) is 4.57 Å². The fourth-order valence-corrected chi connectivity index (χ4v) is 2.71. The third-order valence-electron chi connectivity index (χ3n) is 3.92. The molecule has 0 saturated carbocycles. The highest BCUT2D eigenvalue weighted by Gasteiger charge is 2.13. The number of rotatable bonds is 8. The average Bonchev–Trinajstić information content (AvgIpc) is 2.82. The molecule has 0 aliphatic carbocycles. The van der Waals surface area contributed by atoms with Crippen molar-refractivity contribution in [2.24, 2.45) is 7.05 Å². The number of hydrogen-bond acceptors (Lipinski definition) is 0. The molecular formula is C18H27N2+. The van der Waals surface area contributed by atoms with Gasteiger partial charge in [-0.3, -0.25) is 0 Å². The molecule has 0 spiro atoms. The Bertz CT molecular complexity index is 499. The SMILES string of the molecule is CCCCCc1n(CCCc2ccccc2)cc[n+]1C. The molecule has 0 N–H and O–H groups in total. The van der Waals surface area contributed by atoms with Gasteiger partial charge in [0.25, 0.3) is 5.82 Å². The van der Waals surface area contributed by atoms with E-state index in [1.165, 1.54) is 43.5 Å². The maximum atomic E-state index is 2.43. The second kappa shape index (κ2) is 7.88. The molecule has 20 heavy (non-hydrogen) atoms. The summed E-state index contributed by atoms with van der Waals surface area (Å²) in [4.78, 5) is 0. The zero-order valence-electron chi connectivity index (χ0n) is 12.9. The quantitative estimate of drug-likeness (QED) is 0.511. The van der Waals surface area contributed by atoms with Gasteiger partial charge in [-0.15, -0.1) is 0 Å². The molecule has 2 aromatic rings. The van der Waals surface area contributed by atoms with E-state index in [0.717, 1.165) is 13.0 Å². The minimum Gasteiger partial charge on any atom is -0.237 e. The predicted octanol–water partition coefficient (Wildman–Crippen LogP) is 3.68. The number of imidazole rings is 1. The molecule has 1 aromatic carbocycles. The van der Waals surface area contributed by atoms with Gasteiger partial charge >= 0.3 is 0 Å². The number of nitrogens with zero attached hydrogens (tertiary/aromatic N) is 2. The molecule has 1 heterocycles. The Kier molecular flexibility index (Phi) is 5.85. The number of aromatic nitrogens is 2. The number of aryl methyl sites for hydroxylation is 3. The Morgan fingerprint density at radius 1 is 1.00 bits per heavy atom. The van der Waals surface area contributed by atoms with Crippen molar-refractivity contribution in [3.05, 3.63) is 54.1 Å². The van der Waals surface area contributed by atoms with Crippen LogP contribution in [0.2, 0.25) is 0 Å². The molecule has 0 fully saturated rings. The van der Waals surface area contributed by atoms with Gasteiger partial charge in [-0.05, 0) is 24.8 Å². The smallest absolute Gasteiger partial charge is 0.237 e. The summed E-state index contributed by atoms with van der Waals surface area (Å²) in [6.07, 6.45) is 11.9. The van der Waals surface area contributed by atoms with E-state index in [1.54, 1.807) is 0 Å². The van der Waals surface area contributed by atoms with Crippen molar-refractivity contribution in [3.63, 3.8) is 0 Å². The minimum atomic E-state index is 1.12. The van der Waals surface area contributed by atoms with Crippen LogP contribution in [0, 0.1) is 0 Å². The van der Waals surface area contributed by atoms with Crippen molar-refractivity contribution in [2.75, 3.05) is 0 Å². The molecule has 0 bridgehead atoms. The van der Waals surface area contributed by atoms with Crippen molar-refractivity contribution >= 4 is 0 Å². The number of hydrogen-bond donors (Lipinski definition) is 0. The van der Waals surface area contributed by atoms with E-state index in [1.807, 2.05) is 0 Å². The topological polar surface area (TPSA) is 8.81 Å². The molecular weight excluding hydrogens is 244 g/mol. The van der Waals surface area contributed by atoms with Crippen LogP contribution in [0.4, 0.5) is 0 Å². The minimum absolute atomic E-state index is 1.12. The van der Waals surface area contributed by atoms with E-state index in [-0.39, 0.29) is 0 Å². The zero-order chi connectivity index (χ0) is 14.2. The summed E-state index contributed by atoms with van der Waals surface area (Å²) >= 11 is 0. The summed E-state index contributed by atoms with van der Waals surface area (Å²) in [5.74, 6) is 1.46. The van der Waals surface area contributed by atoms with Gasteiger partial charge < -0.3 is 0 Å². The highest BCUT2D eigenvalue weighted by atomic mass is 15.1. The lowest BCUT2D eigenvalue weighted by Crippen LogP contribution is -2.32. The van der Waals surface area contributed by atoms with Gasteiger partial charge in [-0.25, -0.2) is 9.13 Å². The molecule has 2 heteroatoms. The van der Waals surface area contributed by atoms with Crippen LogP contribution in [0.25, 0.3) is 0 Å². The van der Waals surface area contributed by atoms with E-state index >= 15 is 0 Å². The molecule has 0 amide bonds. The Morgan fingerprint density at radius 3 is 2.55 bits per heavy atom. The summed E-state index contributed by atoms with van der Waals surface area (Å²) in [5, 5.41) is 0. The van der Waals surface area contributed by atoms with Crippen LogP contribution >= 0.6 is 0 Å². The van der Waals surface area contributed by atoms with E-state index in [4.69, 9.17) is 0 Å². The molecule has 0 radical (unpaired) electrons. The molecule has 2 rings (SSSR count). The van der Waals surface area contributed by atoms with Gasteiger partial charge in [0, 0.05) is 6.42 Å². The predicted molar refractivity (Wildman–Crippen MR) is 83.6 cm³/mol. The van der Waals surface area contributed by atoms with Crippen LogP contribution in [0.5, 0.6) is 0 Å². The second-order valence-electron chi connectivity index (χ2n) is 5.56. The maximum Gasteiger partial charge on any atom is 0.256 e. The van der Waals surface area contributed by atoms with Crippen LogP contribution in [0.15, 0.2) is 42.7 Å². The first-order chi connectivity index (χ1) is 9.81. The van der Waals surface area contributed by atoms with Crippen molar-refractivity contribution in [1.29, 1.82) is 0 Å². The lowest BCUT2D eigenvalue weighted by Gasteiger charge is -2.04. The highest BCUT2D eigenvalue weighted by molar-refractivity contribution is 5.14. The third-order valence-corrected chi connectivity index (χ3v) is 3.92. The molecule has 1 aromatic heterocycles. The van der Waals surface area contributed by atoms with Crippen molar-refractivity contribution in [2.45, 2.75) is 52.0 Å². The molecule has 108 valence electrons. The molecule has 0 saturated heterocycles. The van der Waals surface area contributed by atoms with Crippen molar-refractivity contribution < 1.29 is 4.57 Å². The summed E-state index contributed by atoms with van der Waals surface area (Å²) in [5.41, 5.74) is 1.44. The molecule has 0 aliphatic heterocycles. The number of unbranched alkanes of at least 4 members (excludes halogenated alkanes) is 2. The van der Waals surface area contributed by atoms with Gasteiger partial charge in [0.05, 0.1) is 13.6 Å². The van der Waals surface area contributed by atoms with Crippen molar-refractivity contribution in [3.8, 4) is 0 Å². The molecule has 2 nitrogen and oxygen atoms in total. The zero-order valence-corrected chi connectivity index (χ0v) is 12.9. The van der Waals surface area contributed by atoms with Gasteiger partial charge in [0.1, 0.15) is 12.4 Å². The Morgan fingerprint density at radius 2 is 1.80 bits per heavy atom. The van der Waals surface area contributed by atoms with Gasteiger partial charge in [-0.2, -0.15) is 0 Å². The molecule has 0 unspecified atom stereocenters. The second-order valence-corrected chi connectivity index (χ2v) is 5.56. The van der Waals surface area contributed by atoms with E-state index in [9.17, 15) is 0 Å². The number of benzene rings is 1.